The molecule has 0 fully saturated rings. The van der Waals surface area contributed by atoms with E-state index in [1.165, 1.54) is 6.07 Å². The van der Waals surface area contributed by atoms with E-state index < -0.39 is 29.1 Å². The van der Waals surface area contributed by atoms with Crippen molar-refractivity contribution in [3.63, 3.8) is 0 Å². The summed E-state index contributed by atoms with van der Waals surface area (Å²) in [7, 11) is 0. The van der Waals surface area contributed by atoms with E-state index in [9.17, 15) is 13.6 Å². The molecule has 0 saturated carbocycles. The summed E-state index contributed by atoms with van der Waals surface area (Å²) in [6.45, 7) is 1.96. The molecule has 1 aliphatic heterocycles. The average Bonchev–Trinajstić information content (AvgIpc) is 3.00. The van der Waals surface area contributed by atoms with Crippen LogP contribution in [0.3, 0.4) is 0 Å². The highest BCUT2D eigenvalue weighted by molar-refractivity contribution is 5.94. The summed E-state index contributed by atoms with van der Waals surface area (Å²) in [6, 6.07) is 7.91. The van der Waals surface area contributed by atoms with Crippen molar-refractivity contribution in [2.24, 2.45) is 0 Å². The largest absolute Gasteiger partial charge is 0.491 e. The summed E-state index contributed by atoms with van der Waals surface area (Å²) >= 11 is 0. The highest BCUT2D eigenvalue weighted by Crippen LogP contribution is 2.35. The van der Waals surface area contributed by atoms with Gasteiger partial charge in [0.15, 0.2) is 11.5 Å². The van der Waals surface area contributed by atoms with Gasteiger partial charge in [-0.15, -0.1) is 0 Å². The van der Waals surface area contributed by atoms with Crippen LogP contribution in [0.15, 0.2) is 36.4 Å². The van der Waals surface area contributed by atoms with E-state index in [-0.39, 0.29) is 13.4 Å². The zero-order valence-corrected chi connectivity index (χ0v) is 12.8. The van der Waals surface area contributed by atoms with Crippen LogP contribution in [-0.2, 0) is 0 Å². The highest BCUT2D eigenvalue weighted by atomic mass is 19.1. The Morgan fingerprint density at radius 2 is 1.92 bits per heavy atom. The van der Waals surface area contributed by atoms with Crippen molar-refractivity contribution in [1.29, 1.82) is 0 Å². The smallest absolute Gasteiger partial charge is 0.257 e. The van der Waals surface area contributed by atoms with E-state index in [1.807, 2.05) is 0 Å². The Labute approximate surface area is 137 Å². The molecule has 1 aliphatic rings. The summed E-state index contributed by atoms with van der Waals surface area (Å²) < 4.78 is 43.1. The second-order valence-electron chi connectivity index (χ2n) is 5.30. The molecular weight excluding hydrogens is 320 g/mol. The first-order valence-electron chi connectivity index (χ1n) is 7.32. The maximum atomic E-state index is 13.6. The number of fused-ring (bicyclic) bond motifs is 1. The minimum absolute atomic E-state index is 0.126. The number of hydrogen-bond donors (Lipinski definition) is 1. The zero-order valence-electron chi connectivity index (χ0n) is 12.8. The lowest BCUT2D eigenvalue weighted by Gasteiger charge is -2.15. The summed E-state index contributed by atoms with van der Waals surface area (Å²) in [4.78, 5) is 12.0. The van der Waals surface area contributed by atoms with Crippen LogP contribution in [0.1, 0.15) is 17.3 Å². The van der Waals surface area contributed by atoms with Crippen LogP contribution < -0.4 is 19.5 Å². The molecule has 0 bridgehead atoms. The third kappa shape index (κ3) is 3.40. The van der Waals surface area contributed by atoms with Gasteiger partial charge in [-0.3, -0.25) is 4.79 Å². The maximum absolute atomic E-state index is 13.6. The van der Waals surface area contributed by atoms with Crippen molar-refractivity contribution in [3.05, 3.63) is 53.6 Å². The molecule has 126 valence electrons. The van der Waals surface area contributed by atoms with Gasteiger partial charge >= 0.3 is 0 Å². The first kappa shape index (κ1) is 16.0. The second-order valence-corrected chi connectivity index (χ2v) is 5.30. The van der Waals surface area contributed by atoms with Gasteiger partial charge in [-0.2, -0.15) is 0 Å². The Bertz CT molecular complexity index is 746. The molecule has 0 saturated heterocycles. The first-order chi connectivity index (χ1) is 11.5. The third-order valence-corrected chi connectivity index (χ3v) is 3.41. The van der Waals surface area contributed by atoms with Gasteiger partial charge < -0.3 is 19.5 Å². The molecule has 0 radical (unpaired) electrons. The molecule has 0 aliphatic carbocycles. The predicted molar refractivity (Wildman–Crippen MR) is 81.3 cm³/mol. The highest BCUT2D eigenvalue weighted by Gasteiger charge is 2.19. The lowest BCUT2D eigenvalue weighted by molar-refractivity contribution is 0.0918. The van der Waals surface area contributed by atoms with E-state index in [1.54, 1.807) is 25.1 Å². The van der Waals surface area contributed by atoms with E-state index in [2.05, 4.69) is 5.32 Å². The van der Waals surface area contributed by atoms with Gasteiger partial charge in [0.05, 0.1) is 6.04 Å². The first-order valence-corrected chi connectivity index (χ1v) is 7.32. The van der Waals surface area contributed by atoms with Gasteiger partial charge in [-0.1, -0.05) is 6.07 Å². The zero-order chi connectivity index (χ0) is 17.1. The quantitative estimate of drug-likeness (QED) is 0.913. The molecule has 5 nitrogen and oxygen atoms in total. The van der Waals surface area contributed by atoms with Crippen molar-refractivity contribution in [2.75, 3.05) is 13.4 Å². The number of halogens is 2. The number of rotatable bonds is 5. The number of hydrogen-bond acceptors (Lipinski definition) is 4. The average molecular weight is 335 g/mol. The van der Waals surface area contributed by atoms with Crippen LogP contribution in [-0.4, -0.2) is 25.3 Å². The molecule has 3 rings (SSSR count). The van der Waals surface area contributed by atoms with Crippen LogP contribution >= 0.6 is 0 Å². The van der Waals surface area contributed by atoms with Crippen molar-refractivity contribution in [2.45, 2.75) is 13.0 Å². The standard InChI is InChI=1S/C17H15F2NO4/c1-10(20-17(21)16-12(18)3-2-4-13(16)19)8-22-11-5-6-14-15(7-11)24-9-23-14/h2-7,10H,8-9H2,1H3,(H,20,21)/t10-/m1/s1. The summed E-state index contributed by atoms with van der Waals surface area (Å²) in [5.41, 5.74) is -0.604. The van der Waals surface area contributed by atoms with Crippen molar-refractivity contribution in [1.82, 2.24) is 5.32 Å². The Morgan fingerprint density at radius 3 is 2.67 bits per heavy atom. The maximum Gasteiger partial charge on any atom is 0.257 e. The van der Waals surface area contributed by atoms with Gasteiger partial charge in [0, 0.05) is 6.07 Å². The molecule has 7 heteroatoms. The normalized spacial score (nSPS) is 13.5. The second kappa shape index (κ2) is 6.74. The molecular formula is C17H15F2NO4. The number of nitrogens with one attached hydrogen (secondary N) is 1. The molecule has 0 unspecified atom stereocenters. The fraction of sp³-hybridized carbons (Fsp3) is 0.235. The SMILES string of the molecule is C[C@H](COc1ccc2c(c1)OCO2)NC(=O)c1c(F)cccc1F. The van der Waals surface area contributed by atoms with E-state index in [4.69, 9.17) is 14.2 Å². The Balaban J connectivity index is 1.58. The van der Waals surface area contributed by atoms with E-state index in [0.29, 0.717) is 17.2 Å². The molecule has 0 spiro atoms. The minimum Gasteiger partial charge on any atom is -0.491 e. The van der Waals surface area contributed by atoms with Gasteiger partial charge in [-0.25, -0.2) is 8.78 Å². The summed E-state index contributed by atoms with van der Waals surface area (Å²) in [6.07, 6.45) is 0. The van der Waals surface area contributed by atoms with Gasteiger partial charge in [-0.05, 0) is 31.2 Å². The van der Waals surface area contributed by atoms with Crippen LogP contribution in [0.5, 0.6) is 17.2 Å². The van der Waals surface area contributed by atoms with Crippen LogP contribution in [0.2, 0.25) is 0 Å². The molecule has 2 aromatic rings. The Hall–Kier alpha value is -2.83. The van der Waals surface area contributed by atoms with Crippen molar-refractivity contribution >= 4 is 5.91 Å². The molecule has 2 aromatic carbocycles. The fourth-order valence-electron chi connectivity index (χ4n) is 2.24. The van der Waals surface area contributed by atoms with Crippen LogP contribution in [0.25, 0.3) is 0 Å². The van der Waals surface area contributed by atoms with E-state index in [0.717, 1.165) is 12.1 Å². The number of benzene rings is 2. The number of ether oxygens (including phenoxy) is 3. The van der Waals surface area contributed by atoms with Crippen LogP contribution in [0, 0.1) is 11.6 Å². The minimum atomic E-state index is -0.906. The van der Waals surface area contributed by atoms with Crippen LogP contribution in [0.4, 0.5) is 8.78 Å². The Kier molecular flexibility index (Phi) is 4.50. The third-order valence-electron chi connectivity index (χ3n) is 3.41. The Morgan fingerprint density at radius 1 is 1.21 bits per heavy atom. The lowest BCUT2D eigenvalue weighted by atomic mass is 10.1. The van der Waals surface area contributed by atoms with Crippen molar-refractivity contribution < 1.29 is 27.8 Å². The van der Waals surface area contributed by atoms with Gasteiger partial charge in [0.1, 0.15) is 29.6 Å². The lowest BCUT2D eigenvalue weighted by Crippen LogP contribution is -2.37. The summed E-state index contributed by atoms with van der Waals surface area (Å²) in [5, 5.41) is 2.50. The molecule has 24 heavy (non-hydrogen) atoms. The molecule has 0 aromatic heterocycles. The fourth-order valence-corrected chi connectivity index (χ4v) is 2.24. The molecule has 1 atom stereocenters. The monoisotopic (exact) mass is 335 g/mol. The number of carbonyl (C=O) groups is 1. The van der Waals surface area contributed by atoms with E-state index >= 15 is 0 Å². The molecule has 1 amide bonds. The summed E-state index contributed by atoms with van der Waals surface area (Å²) in [5.74, 6) is -0.881. The van der Waals surface area contributed by atoms with Gasteiger partial charge in [0.25, 0.3) is 5.91 Å². The topological polar surface area (TPSA) is 56.8 Å². The molecule has 1 heterocycles. The number of amides is 1. The predicted octanol–water partition coefficient (Wildman–Crippen LogP) is 2.89. The van der Waals surface area contributed by atoms with Crippen molar-refractivity contribution in [3.8, 4) is 17.2 Å². The van der Waals surface area contributed by atoms with Gasteiger partial charge in [0.2, 0.25) is 6.79 Å². The number of carbonyl (C=O) groups excluding carboxylic acids is 1. The molecule has 1 N–H and O–H groups in total.